The third-order valence-electron chi connectivity index (χ3n) is 0.984. The zero-order chi connectivity index (χ0) is 6.41. The lowest BCUT2D eigenvalue weighted by Crippen LogP contribution is -1.90. The van der Waals surface area contributed by atoms with Gasteiger partial charge in [-0.2, -0.15) is 0 Å². The Balaban J connectivity index is 2.82. The van der Waals surface area contributed by atoms with Gasteiger partial charge in [-0.1, -0.05) is 19.8 Å². The Bertz CT molecular complexity index is 68.9. The maximum atomic E-state index is 9.76. The minimum atomic E-state index is -0.932. The number of hydrogen-bond donors (Lipinski definition) is 0. The van der Waals surface area contributed by atoms with Gasteiger partial charge in [-0.05, 0) is 6.42 Å². The molecule has 0 spiro atoms. The summed E-state index contributed by atoms with van der Waals surface area (Å²) in [7, 11) is 0. The largest absolute Gasteiger partial charge is 0.355 e. The molecular formula is C6H11O2. The summed E-state index contributed by atoms with van der Waals surface area (Å²) in [5.74, 6) is -0.932. The normalized spacial score (nSPS) is 9.12. The molecule has 0 aromatic rings. The van der Waals surface area contributed by atoms with Crippen LogP contribution in [0.5, 0.6) is 0 Å². The Morgan fingerprint density at radius 1 is 1.38 bits per heavy atom. The van der Waals surface area contributed by atoms with E-state index in [9.17, 15) is 9.90 Å². The molecular weight excluding hydrogens is 104 g/mol. The van der Waals surface area contributed by atoms with E-state index in [-0.39, 0.29) is 6.42 Å². The third kappa shape index (κ3) is 5.47. The highest BCUT2D eigenvalue weighted by Crippen LogP contribution is 1.97. The maximum Gasteiger partial charge on any atom is 0.355 e. The third-order valence-corrected chi connectivity index (χ3v) is 0.984. The van der Waals surface area contributed by atoms with Crippen LogP contribution in [0, 0.1) is 0 Å². The molecule has 0 rings (SSSR count). The second kappa shape index (κ2) is 4.62. The Morgan fingerprint density at radius 3 is 2.38 bits per heavy atom. The first-order chi connectivity index (χ1) is 3.77. The van der Waals surface area contributed by atoms with Crippen LogP contribution in [-0.4, -0.2) is 5.97 Å². The van der Waals surface area contributed by atoms with Gasteiger partial charge >= 0.3 is 5.97 Å². The first kappa shape index (κ1) is 7.47. The van der Waals surface area contributed by atoms with Crippen molar-refractivity contribution in [2.24, 2.45) is 0 Å². The van der Waals surface area contributed by atoms with Crippen molar-refractivity contribution in [1.29, 1.82) is 0 Å². The predicted molar refractivity (Wildman–Crippen MR) is 29.8 cm³/mol. The Morgan fingerprint density at radius 2 is 2.00 bits per heavy atom. The monoisotopic (exact) mass is 115 g/mol. The van der Waals surface area contributed by atoms with Crippen molar-refractivity contribution >= 4 is 5.97 Å². The van der Waals surface area contributed by atoms with Gasteiger partial charge in [0.25, 0.3) is 0 Å². The maximum absolute atomic E-state index is 9.76. The molecule has 0 aliphatic heterocycles. The van der Waals surface area contributed by atoms with E-state index in [1.54, 1.807) is 0 Å². The van der Waals surface area contributed by atoms with E-state index in [4.69, 9.17) is 0 Å². The Labute approximate surface area is 49.5 Å². The van der Waals surface area contributed by atoms with Gasteiger partial charge in [0.2, 0.25) is 0 Å². The van der Waals surface area contributed by atoms with Crippen LogP contribution >= 0.6 is 0 Å². The summed E-state index contributed by atoms with van der Waals surface area (Å²) in [6, 6.07) is 0. The first-order valence-electron chi connectivity index (χ1n) is 2.97. The summed E-state index contributed by atoms with van der Waals surface area (Å²) < 4.78 is 0. The number of carbonyl (C=O) groups is 1. The van der Waals surface area contributed by atoms with Gasteiger partial charge in [-0.15, -0.1) is 0 Å². The molecule has 0 aliphatic rings. The highest BCUT2D eigenvalue weighted by molar-refractivity contribution is 5.66. The van der Waals surface area contributed by atoms with Crippen LogP contribution in [0.2, 0.25) is 0 Å². The predicted octanol–water partition coefficient (Wildman–Crippen LogP) is 1.52. The average Bonchev–Trinajstić information content (AvgIpc) is 1.66. The lowest BCUT2D eigenvalue weighted by molar-refractivity contribution is -0.143. The molecule has 8 heavy (non-hydrogen) atoms. The van der Waals surface area contributed by atoms with Crippen LogP contribution in [0.1, 0.15) is 32.6 Å². The second-order valence-electron chi connectivity index (χ2n) is 1.83. The van der Waals surface area contributed by atoms with Gasteiger partial charge in [0.05, 0.1) is 6.42 Å². The standard InChI is InChI=1S/C6H11O2/c1-2-3-4-5-6(7)8/h2-5H2,1H3. The summed E-state index contributed by atoms with van der Waals surface area (Å²) in [6.07, 6.45) is 3.04. The summed E-state index contributed by atoms with van der Waals surface area (Å²) >= 11 is 0. The summed E-state index contributed by atoms with van der Waals surface area (Å²) in [4.78, 5) is 9.76. The fraction of sp³-hybridized carbons (Fsp3) is 0.833. The molecule has 1 radical (unpaired) electrons. The van der Waals surface area contributed by atoms with Crippen LogP contribution in [0.3, 0.4) is 0 Å². The zero-order valence-corrected chi connectivity index (χ0v) is 5.14. The van der Waals surface area contributed by atoms with Crippen molar-refractivity contribution in [3.8, 4) is 0 Å². The fourth-order valence-electron chi connectivity index (χ4n) is 0.519. The SMILES string of the molecule is CCCCCC([O])=O. The zero-order valence-electron chi connectivity index (χ0n) is 5.14. The molecule has 0 aromatic heterocycles. The molecule has 47 valence electrons. The van der Waals surface area contributed by atoms with Gasteiger partial charge < -0.3 is 0 Å². The van der Waals surface area contributed by atoms with Crippen molar-refractivity contribution in [2.75, 3.05) is 0 Å². The molecule has 0 aliphatic carbocycles. The van der Waals surface area contributed by atoms with E-state index in [0.717, 1.165) is 19.3 Å². The van der Waals surface area contributed by atoms with Crippen LogP contribution in [0.25, 0.3) is 0 Å². The van der Waals surface area contributed by atoms with E-state index >= 15 is 0 Å². The number of rotatable bonds is 4. The number of hydrogen-bond acceptors (Lipinski definition) is 1. The molecule has 0 heterocycles. The van der Waals surface area contributed by atoms with Gasteiger partial charge in [-0.3, -0.25) is 0 Å². The lowest BCUT2D eigenvalue weighted by Gasteiger charge is -1.87. The Kier molecular flexibility index (Phi) is 4.32. The molecule has 2 nitrogen and oxygen atoms in total. The van der Waals surface area contributed by atoms with E-state index < -0.39 is 5.97 Å². The molecule has 0 unspecified atom stereocenters. The van der Waals surface area contributed by atoms with Gasteiger partial charge in [0.15, 0.2) is 0 Å². The van der Waals surface area contributed by atoms with E-state index in [2.05, 4.69) is 0 Å². The Hall–Kier alpha value is -0.530. The molecule has 0 saturated heterocycles. The smallest absolute Gasteiger partial charge is 0.247 e. The molecule has 0 aromatic carbocycles. The van der Waals surface area contributed by atoms with E-state index in [1.807, 2.05) is 6.92 Å². The van der Waals surface area contributed by atoms with Gasteiger partial charge in [-0.25, -0.2) is 9.90 Å². The molecule has 0 N–H and O–H groups in total. The van der Waals surface area contributed by atoms with Crippen LogP contribution in [0.4, 0.5) is 0 Å². The topological polar surface area (TPSA) is 37.0 Å². The van der Waals surface area contributed by atoms with Crippen molar-refractivity contribution in [3.05, 3.63) is 0 Å². The van der Waals surface area contributed by atoms with Crippen LogP contribution < -0.4 is 0 Å². The quantitative estimate of drug-likeness (QED) is 0.512. The van der Waals surface area contributed by atoms with Crippen LogP contribution in [0.15, 0.2) is 0 Å². The summed E-state index contributed by atoms with van der Waals surface area (Å²) in [5, 5.41) is 9.76. The summed E-state index contributed by atoms with van der Waals surface area (Å²) in [6.45, 7) is 2.04. The minimum absolute atomic E-state index is 0.216. The van der Waals surface area contributed by atoms with E-state index in [1.165, 1.54) is 0 Å². The summed E-state index contributed by atoms with van der Waals surface area (Å²) in [5.41, 5.74) is 0. The minimum Gasteiger partial charge on any atom is -0.247 e. The number of unbranched alkanes of at least 4 members (excludes halogenated alkanes) is 2. The molecule has 0 saturated carbocycles. The molecule has 2 heteroatoms. The van der Waals surface area contributed by atoms with Crippen molar-refractivity contribution in [1.82, 2.24) is 0 Å². The van der Waals surface area contributed by atoms with Crippen LogP contribution in [-0.2, 0) is 9.90 Å². The lowest BCUT2D eigenvalue weighted by atomic mass is 10.2. The fourth-order valence-corrected chi connectivity index (χ4v) is 0.519. The van der Waals surface area contributed by atoms with Crippen molar-refractivity contribution in [3.63, 3.8) is 0 Å². The highest BCUT2D eigenvalue weighted by Gasteiger charge is 1.95. The van der Waals surface area contributed by atoms with Gasteiger partial charge in [0.1, 0.15) is 0 Å². The second-order valence-corrected chi connectivity index (χ2v) is 1.83. The van der Waals surface area contributed by atoms with Crippen molar-refractivity contribution < 1.29 is 9.90 Å². The first-order valence-corrected chi connectivity index (χ1v) is 2.97. The highest BCUT2D eigenvalue weighted by atomic mass is 16.4. The average molecular weight is 115 g/mol. The molecule has 0 atom stereocenters. The number of carbonyl (C=O) groups excluding carboxylic acids is 1. The van der Waals surface area contributed by atoms with Crippen molar-refractivity contribution in [2.45, 2.75) is 32.6 Å². The van der Waals surface area contributed by atoms with Gasteiger partial charge in [0, 0.05) is 0 Å². The molecule has 0 amide bonds. The van der Waals surface area contributed by atoms with E-state index in [0.29, 0.717) is 0 Å². The molecule has 0 fully saturated rings. The molecule has 0 bridgehead atoms.